The molecule has 3 rings (SSSR count). The summed E-state index contributed by atoms with van der Waals surface area (Å²) in [6.45, 7) is 7.68. The summed E-state index contributed by atoms with van der Waals surface area (Å²) in [5, 5.41) is 3.01. The number of carbonyl (C=O) groups excluding carboxylic acids is 3. The maximum Gasteiger partial charge on any atom is 0.362 e. The van der Waals surface area contributed by atoms with E-state index in [1.165, 1.54) is 0 Å². The molecule has 0 bridgehead atoms. The van der Waals surface area contributed by atoms with Gasteiger partial charge in [-0.25, -0.2) is 9.59 Å². The van der Waals surface area contributed by atoms with Gasteiger partial charge in [-0.05, 0) is 50.3 Å². The van der Waals surface area contributed by atoms with E-state index < -0.39 is 12.0 Å². The van der Waals surface area contributed by atoms with Crippen LogP contribution in [0.25, 0.3) is 0 Å². The van der Waals surface area contributed by atoms with E-state index in [-0.39, 0.29) is 31.6 Å². The Balaban J connectivity index is 1.80. The molecule has 0 aromatic heterocycles. The van der Waals surface area contributed by atoms with Crippen molar-refractivity contribution in [2.75, 3.05) is 31.6 Å². The third-order valence-electron chi connectivity index (χ3n) is 6.76. The van der Waals surface area contributed by atoms with Gasteiger partial charge in [0.05, 0.1) is 30.9 Å². The van der Waals surface area contributed by atoms with E-state index in [0.29, 0.717) is 22.2 Å². The van der Waals surface area contributed by atoms with Crippen LogP contribution in [0.3, 0.4) is 0 Å². The van der Waals surface area contributed by atoms with Gasteiger partial charge in [-0.1, -0.05) is 49.4 Å². The maximum absolute atomic E-state index is 13.7. The fourth-order valence-corrected chi connectivity index (χ4v) is 5.00. The molecule has 7 nitrogen and oxygen atoms in total. The second-order valence-corrected chi connectivity index (χ2v) is 9.16. The van der Waals surface area contributed by atoms with E-state index in [2.05, 4.69) is 5.32 Å². The summed E-state index contributed by atoms with van der Waals surface area (Å²) < 4.78 is 11.2. The lowest BCUT2D eigenvalue weighted by molar-refractivity contribution is -0.940. The van der Waals surface area contributed by atoms with Crippen LogP contribution in [0, 0.1) is 6.92 Å². The van der Waals surface area contributed by atoms with Gasteiger partial charge in [-0.3, -0.25) is 4.79 Å². The largest absolute Gasteiger partial charge is 0.462 e. The van der Waals surface area contributed by atoms with Gasteiger partial charge in [0.15, 0.2) is 12.6 Å². The van der Waals surface area contributed by atoms with Crippen LogP contribution in [0.1, 0.15) is 61.0 Å². The predicted octanol–water partition coefficient (Wildman–Crippen LogP) is 4.63. The molecule has 1 N–H and O–H groups in total. The molecule has 35 heavy (non-hydrogen) atoms. The minimum absolute atomic E-state index is 0.150. The van der Waals surface area contributed by atoms with Gasteiger partial charge >= 0.3 is 11.9 Å². The van der Waals surface area contributed by atoms with Crippen molar-refractivity contribution >= 4 is 23.5 Å². The van der Waals surface area contributed by atoms with Crippen LogP contribution in [0.5, 0.6) is 0 Å². The summed E-state index contributed by atoms with van der Waals surface area (Å²) >= 11 is 0. The number of benzene rings is 2. The van der Waals surface area contributed by atoms with Crippen LogP contribution in [0.4, 0.5) is 5.69 Å². The van der Waals surface area contributed by atoms with Crippen molar-refractivity contribution in [1.82, 2.24) is 0 Å². The number of amides is 1. The van der Waals surface area contributed by atoms with Gasteiger partial charge in [0.1, 0.15) is 6.61 Å². The zero-order valence-electron chi connectivity index (χ0n) is 21.0. The summed E-state index contributed by atoms with van der Waals surface area (Å²) in [4.78, 5) is 39.1. The lowest BCUT2D eigenvalue weighted by atomic mass is 9.99. The van der Waals surface area contributed by atoms with Crippen LogP contribution in [-0.4, -0.2) is 54.6 Å². The number of quaternary nitrogens is 1. The van der Waals surface area contributed by atoms with Crippen molar-refractivity contribution in [3.8, 4) is 0 Å². The van der Waals surface area contributed by atoms with Crippen LogP contribution >= 0.6 is 0 Å². The summed E-state index contributed by atoms with van der Waals surface area (Å²) in [7, 11) is 0. The van der Waals surface area contributed by atoms with E-state index in [9.17, 15) is 14.4 Å². The monoisotopic (exact) mass is 481 g/mol. The number of nitrogens with one attached hydrogen (secondary N) is 1. The Labute approximate surface area is 208 Å². The van der Waals surface area contributed by atoms with Crippen molar-refractivity contribution in [3.05, 3.63) is 65.2 Å². The Morgan fingerprint density at radius 1 is 0.943 bits per heavy atom. The molecule has 0 saturated carbocycles. The zero-order chi connectivity index (χ0) is 25.3. The average molecular weight is 482 g/mol. The third-order valence-corrected chi connectivity index (χ3v) is 6.76. The third kappa shape index (κ3) is 6.69. The van der Waals surface area contributed by atoms with Gasteiger partial charge in [0.2, 0.25) is 0 Å². The molecule has 0 radical (unpaired) electrons. The van der Waals surface area contributed by atoms with E-state index in [1.54, 1.807) is 19.1 Å². The number of piperidine rings is 1. The topological polar surface area (TPSA) is 81.7 Å². The van der Waals surface area contributed by atoms with Crippen molar-refractivity contribution in [3.63, 3.8) is 0 Å². The molecular formula is C28H37N2O5+. The SMILES string of the molecule is CCOC(=O)c1cccc(C)c1NC(=O)C(CC)[N+]1(CC(=O)OCc2ccccc2)CCCCC1. The van der Waals surface area contributed by atoms with Gasteiger partial charge < -0.3 is 19.3 Å². The van der Waals surface area contributed by atoms with Crippen molar-refractivity contribution in [2.24, 2.45) is 0 Å². The number of nitrogens with zero attached hydrogens (tertiary/aromatic N) is 1. The lowest BCUT2D eigenvalue weighted by Crippen LogP contribution is -2.63. The summed E-state index contributed by atoms with van der Waals surface area (Å²) in [6, 6.07) is 14.4. The molecule has 1 atom stereocenters. The molecule has 1 amide bonds. The molecule has 2 aromatic carbocycles. The predicted molar refractivity (Wildman–Crippen MR) is 135 cm³/mol. The Bertz CT molecular complexity index is 1020. The van der Waals surface area contributed by atoms with Crippen LogP contribution in [0.2, 0.25) is 0 Å². The first kappa shape index (κ1) is 26.4. The first-order valence-electron chi connectivity index (χ1n) is 12.5. The Morgan fingerprint density at radius 3 is 2.31 bits per heavy atom. The molecule has 1 aliphatic heterocycles. The fourth-order valence-electron chi connectivity index (χ4n) is 5.00. The van der Waals surface area contributed by atoms with Gasteiger partial charge in [-0.15, -0.1) is 0 Å². The van der Waals surface area contributed by atoms with Crippen molar-refractivity contribution in [2.45, 2.75) is 59.1 Å². The number of rotatable bonds is 10. The Kier molecular flexibility index (Phi) is 9.43. The Hall–Kier alpha value is -3.19. The standard InChI is InChI=1S/C28H36N2O5/c1-4-24(27(32)29-26-21(3)13-12-16-23(26)28(33)34-5-2)30(17-10-7-11-18-30)19-25(31)35-20-22-14-8-6-9-15-22/h6,8-9,12-16,24H,4-5,7,10-11,17-20H2,1-3H3/p+1. The minimum Gasteiger partial charge on any atom is -0.462 e. The number of anilines is 1. The summed E-state index contributed by atoms with van der Waals surface area (Å²) in [5.41, 5.74) is 2.52. The summed E-state index contributed by atoms with van der Waals surface area (Å²) in [6.07, 6.45) is 3.56. The van der Waals surface area contributed by atoms with Gasteiger partial charge in [0, 0.05) is 6.42 Å². The number of para-hydroxylation sites is 1. The number of hydrogen-bond donors (Lipinski definition) is 1. The quantitative estimate of drug-likeness (QED) is 0.395. The van der Waals surface area contributed by atoms with E-state index in [0.717, 1.165) is 43.5 Å². The molecule has 1 heterocycles. The van der Waals surface area contributed by atoms with E-state index in [1.807, 2.05) is 50.2 Å². The fraction of sp³-hybridized carbons (Fsp3) is 0.464. The lowest BCUT2D eigenvalue weighted by Gasteiger charge is -2.45. The highest BCUT2D eigenvalue weighted by atomic mass is 16.5. The number of esters is 2. The smallest absolute Gasteiger partial charge is 0.362 e. The molecule has 7 heteroatoms. The molecule has 1 aliphatic rings. The van der Waals surface area contributed by atoms with Crippen molar-refractivity contribution < 1.29 is 28.3 Å². The molecule has 0 aliphatic carbocycles. The average Bonchev–Trinajstić information content (AvgIpc) is 2.85. The van der Waals surface area contributed by atoms with Crippen molar-refractivity contribution in [1.29, 1.82) is 0 Å². The molecule has 1 fully saturated rings. The number of aryl methyl sites for hydroxylation is 1. The molecule has 1 saturated heterocycles. The molecule has 0 spiro atoms. The van der Waals surface area contributed by atoms with Crippen LogP contribution in [0.15, 0.2) is 48.5 Å². The first-order valence-corrected chi connectivity index (χ1v) is 12.5. The number of likely N-dealkylation sites (tertiary alicyclic amines) is 1. The minimum atomic E-state index is -0.467. The zero-order valence-corrected chi connectivity index (χ0v) is 21.0. The number of ether oxygens (including phenoxy) is 2. The maximum atomic E-state index is 13.7. The Morgan fingerprint density at radius 2 is 1.66 bits per heavy atom. The van der Waals surface area contributed by atoms with Crippen LogP contribution < -0.4 is 5.32 Å². The summed E-state index contributed by atoms with van der Waals surface area (Å²) in [5.74, 6) is -0.957. The molecule has 188 valence electrons. The van der Waals surface area contributed by atoms with Gasteiger partial charge in [-0.2, -0.15) is 0 Å². The van der Waals surface area contributed by atoms with Gasteiger partial charge in [0.25, 0.3) is 5.91 Å². The second kappa shape index (κ2) is 12.5. The highest BCUT2D eigenvalue weighted by molar-refractivity contribution is 6.03. The number of carbonyl (C=O) groups is 3. The number of hydrogen-bond acceptors (Lipinski definition) is 5. The van der Waals surface area contributed by atoms with E-state index >= 15 is 0 Å². The molecular weight excluding hydrogens is 444 g/mol. The highest BCUT2D eigenvalue weighted by Gasteiger charge is 2.44. The molecule has 2 aromatic rings. The second-order valence-electron chi connectivity index (χ2n) is 9.16. The molecule has 1 unspecified atom stereocenters. The van der Waals surface area contributed by atoms with E-state index in [4.69, 9.17) is 9.47 Å². The normalized spacial score (nSPS) is 15.6. The highest BCUT2D eigenvalue weighted by Crippen LogP contribution is 2.28. The first-order chi connectivity index (χ1) is 16.9. The van der Waals surface area contributed by atoms with Crippen LogP contribution in [-0.2, 0) is 25.7 Å².